The molecule has 1 unspecified atom stereocenters. The van der Waals surface area contributed by atoms with E-state index in [1.54, 1.807) is 0 Å². The normalized spacial score (nSPS) is 12.2. The minimum Gasteiger partial charge on any atom is -0.462 e. The van der Waals surface area contributed by atoms with Crippen LogP contribution in [-0.4, -0.2) is 37.9 Å². The molecule has 0 saturated carbocycles. The molecule has 0 fully saturated rings. The number of carbonyl (C=O) groups is 2. The Balaban J connectivity index is 4.20. The van der Waals surface area contributed by atoms with Gasteiger partial charge in [0.05, 0.1) is 6.61 Å². The summed E-state index contributed by atoms with van der Waals surface area (Å²) in [5, 5.41) is 0. The van der Waals surface area contributed by atoms with Gasteiger partial charge in [-0.1, -0.05) is 257 Å². The number of esters is 2. The highest BCUT2D eigenvalue weighted by Crippen LogP contribution is 2.16. The monoisotopic (exact) mass is 845 g/mol. The summed E-state index contributed by atoms with van der Waals surface area (Å²) in [6.07, 6.45) is 60.5. The van der Waals surface area contributed by atoms with Crippen LogP contribution in [0.5, 0.6) is 0 Å². The molecular weight excluding hydrogens is 741 g/mol. The van der Waals surface area contributed by atoms with Crippen LogP contribution in [0.1, 0.15) is 290 Å². The van der Waals surface area contributed by atoms with Crippen LogP contribution in [0.25, 0.3) is 0 Å². The number of unbranched alkanes of at least 4 members (excludes halogenated alkanes) is 35. The van der Waals surface area contributed by atoms with Gasteiger partial charge in [0.1, 0.15) is 6.61 Å². The lowest BCUT2D eigenvalue weighted by Gasteiger charge is -2.18. The second kappa shape index (κ2) is 51.7. The Kier molecular flexibility index (Phi) is 50.3. The molecule has 0 aromatic rings. The fourth-order valence-electron chi connectivity index (χ4n) is 7.96. The van der Waals surface area contributed by atoms with Gasteiger partial charge in [0.25, 0.3) is 0 Å². The van der Waals surface area contributed by atoms with Gasteiger partial charge in [0.15, 0.2) is 6.10 Å². The summed E-state index contributed by atoms with van der Waals surface area (Å²) in [6, 6.07) is 0. The van der Waals surface area contributed by atoms with Gasteiger partial charge < -0.3 is 14.2 Å². The average Bonchev–Trinajstić information content (AvgIpc) is 3.25. The smallest absolute Gasteiger partial charge is 0.306 e. The summed E-state index contributed by atoms with van der Waals surface area (Å²) in [7, 11) is 0. The molecule has 60 heavy (non-hydrogen) atoms. The molecule has 0 saturated heterocycles. The van der Waals surface area contributed by atoms with Crippen LogP contribution in [0.3, 0.4) is 0 Å². The van der Waals surface area contributed by atoms with Crippen molar-refractivity contribution >= 4 is 11.9 Å². The first-order valence-corrected chi connectivity index (χ1v) is 26.9. The molecule has 0 bridgehead atoms. The third-order valence-corrected chi connectivity index (χ3v) is 12.0. The molecule has 0 N–H and O–H groups in total. The molecule has 5 heteroatoms. The molecule has 0 spiro atoms. The lowest BCUT2D eigenvalue weighted by Crippen LogP contribution is -2.30. The molecule has 0 aliphatic carbocycles. The molecule has 0 rings (SSSR count). The maximum Gasteiger partial charge on any atom is 0.306 e. The SMILES string of the molecule is CCC/C=C\C/C=C\CCCCCCCC(=O)OCC(COCCCCCCCCCCCCCCCCCCCC)OC(=O)CCCCCCCCCCCCCCC. The standard InChI is InChI=1S/C55H104O5/c1-4-7-10-13-16-19-22-25-26-27-28-29-32-35-38-41-44-47-50-58-51-53(60-55(57)49-46-43-40-37-34-31-24-21-18-15-12-9-6-3)52-59-54(56)48-45-42-39-36-33-30-23-20-17-14-11-8-5-2/h11,14,20,23,53H,4-10,12-13,15-19,21-22,24-52H2,1-3H3/b14-11-,23-20-. The lowest BCUT2D eigenvalue weighted by atomic mass is 10.0. The summed E-state index contributed by atoms with van der Waals surface area (Å²) in [5.41, 5.74) is 0. The summed E-state index contributed by atoms with van der Waals surface area (Å²) >= 11 is 0. The van der Waals surface area contributed by atoms with Crippen LogP contribution in [0.2, 0.25) is 0 Å². The molecule has 0 heterocycles. The van der Waals surface area contributed by atoms with Crippen molar-refractivity contribution in [3.05, 3.63) is 24.3 Å². The number of ether oxygens (including phenoxy) is 3. The number of hydrogen-bond acceptors (Lipinski definition) is 5. The van der Waals surface area contributed by atoms with Crippen molar-refractivity contribution in [1.82, 2.24) is 0 Å². The zero-order valence-corrected chi connectivity index (χ0v) is 40.7. The molecule has 0 aromatic carbocycles. The summed E-state index contributed by atoms with van der Waals surface area (Å²) in [4.78, 5) is 25.4. The van der Waals surface area contributed by atoms with E-state index in [2.05, 4.69) is 45.1 Å². The highest BCUT2D eigenvalue weighted by molar-refractivity contribution is 5.70. The third-order valence-electron chi connectivity index (χ3n) is 12.0. The van der Waals surface area contributed by atoms with E-state index in [1.165, 1.54) is 205 Å². The molecule has 5 nitrogen and oxygen atoms in total. The Hall–Kier alpha value is -1.62. The van der Waals surface area contributed by atoms with E-state index in [4.69, 9.17) is 14.2 Å². The number of rotatable bonds is 50. The molecular formula is C55H104O5. The molecule has 0 aromatic heterocycles. The highest BCUT2D eigenvalue weighted by atomic mass is 16.6. The van der Waals surface area contributed by atoms with E-state index in [1.807, 2.05) is 0 Å². The second-order valence-electron chi connectivity index (χ2n) is 18.1. The number of carbonyl (C=O) groups excluding carboxylic acids is 2. The summed E-state index contributed by atoms with van der Waals surface area (Å²) in [5.74, 6) is -0.395. The average molecular weight is 845 g/mol. The maximum atomic E-state index is 12.8. The van der Waals surface area contributed by atoms with E-state index in [0.717, 1.165) is 51.4 Å². The fraction of sp³-hybridized carbons (Fsp3) is 0.891. The van der Waals surface area contributed by atoms with Crippen LogP contribution in [-0.2, 0) is 23.8 Å². The molecule has 1 atom stereocenters. The predicted molar refractivity (Wildman–Crippen MR) is 261 cm³/mol. The van der Waals surface area contributed by atoms with Crippen molar-refractivity contribution in [1.29, 1.82) is 0 Å². The largest absolute Gasteiger partial charge is 0.462 e. The van der Waals surface area contributed by atoms with Crippen LogP contribution < -0.4 is 0 Å². The Labute approximate surface area is 375 Å². The molecule has 354 valence electrons. The van der Waals surface area contributed by atoms with E-state index < -0.39 is 6.10 Å². The first-order valence-electron chi connectivity index (χ1n) is 26.9. The number of allylic oxidation sites excluding steroid dienone is 4. The maximum absolute atomic E-state index is 12.8. The van der Waals surface area contributed by atoms with Crippen molar-refractivity contribution in [2.75, 3.05) is 19.8 Å². The van der Waals surface area contributed by atoms with Gasteiger partial charge in [-0.05, 0) is 44.9 Å². The first-order chi connectivity index (χ1) is 29.6. The van der Waals surface area contributed by atoms with E-state index in [-0.39, 0.29) is 18.5 Å². The molecule has 0 aliphatic heterocycles. The minimum atomic E-state index is -0.533. The quantitative estimate of drug-likeness (QED) is 0.0347. The lowest BCUT2D eigenvalue weighted by molar-refractivity contribution is -0.163. The van der Waals surface area contributed by atoms with E-state index >= 15 is 0 Å². The minimum absolute atomic E-state index is 0.0856. The van der Waals surface area contributed by atoms with Crippen LogP contribution in [0, 0.1) is 0 Å². The van der Waals surface area contributed by atoms with Gasteiger partial charge in [0.2, 0.25) is 0 Å². The van der Waals surface area contributed by atoms with Gasteiger partial charge in [0, 0.05) is 19.4 Å². The van der Waals surface area contributed by atoms with Crippen molar-refractivity contribution in [3.8, 4) is 0 Å². The van der Waals surface area contributed by atoms with Crippen molar-refractivity contribution in [2.45, 2.75) is 297 Å². The first kappa shape index (κ1) is 58.4. The Morgan fingerprint density at radius 2 is 0.733 bits per heavy atom. The zero-order valence-electron chi connectivity index (χ0n) is 40.7. The van der Waals surface area contributed by atoms with Crippen molar-refractivity contribution in [3.63, 3.8) is 0 Å². The van der Waals surface area contributed by atoms with E-state index in [0.29, 0.717) is 26.1 Å². The Bertz CT molecular complexity index is 913. The van der Waals surface area contributed by atoms with Gasteiger partial charge in [-0.2, -0.15) is 0 Å². The van der Waals surface area contributed by atoms with Crippen LogP contribution in [0.4, 0.5) is 0 Å². The van der Waals surface area contributed by atoms with Crippen molar-refractivity contribution < 1.29 is 23.8 Å². The number of hydrogen-bond donors (Lipinski definition) is 0. The van der Waals surface area contributed by atoms with Gasteiger partial charge in [-0.3, -0.25) is 9.59 Å². The zero-order chi connectivity index (χ0) is 43.5. The highest BCUT2D eigenvalue weighted by Gasteiger charge is 2.17. The summed E-state index contributed by atoms with van der Waals surface area (Å²) < 4.78 is 17.4. The predicted octanol–water partition coefficient (Wildman–Crippen LogP) is 18.0. The fourth-order valence-corrected chi connectivity index (χ4v) is 7.96. The molecule has 0 amide bonds. The second-order valence-corrected chi connectivity index (χ2v) is 18.1. The van der Waals surface area contributed by atoms with Crippen LogP contribution in [0.15, 0.2) is 24.3 Å². The Morgan fingerprint density at radius 1 is 0.367 bits per heavy atom. The van der Waals surface area contributed by atoms with Crippen LogP contribution >= 0.6 is 0 Å². The van der Waals surface area contributed by atoms with Crippen molar-refractivity contribution in [2.24, 2.45) is 0 Å². The topological polar surface area (TPSA) is 61.8 Å². The third kappa shape index (κ3) is 49.0. The molecule has 0 aliphatic rings. The molecule has 0 radical (unpaired) electrons. The van der Waals surface area contributed by atoms with Gasteiger partial charge >= 0.3 is 11.9 Å². The van der Waals surface area contributed by atoms with E-state index in [9.17, 15) is 9.59 Å². The Morgan fingerprint density at radius 3 is 1.17 bits per heavy atom. The summed E-state index contributed by atoms with van der Waals surface area (Å²) in [6.45, 7) is 7.81. The van der Waals surface area contributed by atoms with Gasteiger partial charge in [-0.25, -0.2) is 0 Å². The van der Waals surface area contributed by atoms with Gasteiger partial charge in [-0.15, -0.1) is 0 Å².